The molecule has 14 heteroatoms. The van der Waals surface area contributed by atoms with Gasteiger partial charge in [-0.3, -0.25) is 9.13 Å². The Kier molecular flexibility index (Phi) is 8.10. The molecule has 0 radical (unpaired) electrons. The van der Waals surface area contributed by atoms with Gasteiger partial charge in [-0.2, -0.15) is 9.97 Å². The Balaban J connectivity index is 1.37. The quantitative estimate of drug-likeness (QED) is 0.309. The molecule has 0 aromatic carbocycles. The van der Waals surface area contributed by atoms with Gasteiger partial charge in [-0.15, -0.1) is 0 Å². The summed E-state index contributed by atoms with van der Waals surface area (Å²) in [5.41, 5.74) is 1.15. The predicted octanol–water partition coefficient (Wildman–Crippen LogP) is 4.49. The normalized spacial score (nSPS) is 27.8. The maximum absolute atomic E-state index is 12.8. The van der Waals surface area contributed by atoms with Gasteiger partial charge in [0.25, 0.3) is 0 Å². The van der Waals surface area contributed by atoms with Crippen LogP contribution in [-0.4, -0.2) is 75.8 Å². The van der Waals surface area contributed by atoms with Crippen LogP contribution in [0.2, 0.25) is 5.28 Å². The van der Waals surface area contributed by atoms with Crippen molar-refractivity contribution in [2.75, 3.05) is 31.5 Å². The molecule has 0 bridgehead atoms. The lowest BCUT2D eigenvalue weighted by molar-refractivity contribution is -0.201. The minimum Gasteiger partial charge on any atom is -0.366 e. The predicted molar refractivity (Wildman–Crippen MR) is 136 cm³/mol. The third-order valence-electron chi connectivity index (χ3n) is 6.67. The second-order valence-electron chi connectivity index (χ2n) is 9.87. The number of nitrogens with one attached hydrogen (secondary N) is 1. The Morgan fingerprint density at radius 2 is 1.86 bits per heavy atom. The van der Waals surface area contributed by atoms with Crippen molar-refractivity contribution in [3.63, 3.8) is 0 Å². The average molecular weight is 560 g/mol. The molecule has 4 atom stereocenters. The number of imidazole rings is 1. The van der Waals surface area contributed by atoms with Crippen LogP contribution in [0.3, 0.4) is 0 Å². The Morgan fingerprint density at radius 3 is 2.57 bits per heavy atom. The minimum atomic E-state index is -3.35. The summed E-state index contributed by atoms with van der Waals surface area (Å²) >= 11 is 6.32. The van der Waals surface area contributed by atoms with Crippen molar-refractivity contribution >= 4 is 36.2 Å². The lowest BCUT2D eigenvalue weighted by atomic mass is 10.1. The first-order valence-corrected chi connectivity index (χ1v) is 15.0. The van der Waals surface area contributed by atoms with Crippen molar-refractivity contribution in [1.29, 1.82) is 0 Å². The highest BCUT2D eigenvalue weighted by Crippen LogP contribution is 2.49. The molecule has 12 nitrogen and oxygen atoms in total. The van der Waals surface area contributed by atoms with E-state index in [1.165, 1.54) is 12.8 Å². The van der Waals surface area contributed by atoms with E-state index in [0.29, 0.717) is 23.0 Å². The Hall–Kier alpha value is -1.37. The van der Waals surface area contributed by atoms with E-state index < -0.39 is 37.9 Å². The van der Waals surface area contributed by atoms with Crippen LogP contribution in [-0.2, 0) is 32.6 Å². The SMILES string of the molecule is CCOP(=O)(COC[C@H]1O[C@@H](n2cnc3c(NC4CCCC4)nc(Cl)nc32)[C@@H]2OC(C)(C)O[C@@H]21)OCC. The van der Waals surface area contributed by atoms with Gasteiger partial charge in [0.05, 0.1) is 26.1 Å². The monoisotopic (exact) mass is 559 g/mol. The second-order valence-corrected chi connectivity index (χ2v) is 12.2. The highest BCUT2D eigenvalue weighted by atomic mass is 35.5. The summed E-state index contributed by atoms with van der Waals surface area (Å²) < 4.78 is 49.8. The van der Waals surface area contributed by atoms with Crippen LogP contribution in [0.15, 0.2) is 6.33 Å². The third kappa shape index (κ3) is 5.81. The molecule has 1 saturated carbocycles. The zero-order valence-corrected chi connectivity index (χ0v) is 23.2. The Morgan fingerprint density at radius 1 is 1.16 bits per heavy atom. The first-order chi connectivity index (χ1) is 17.7. The highest BCUT2D eigenvalue weighted by molar-refractivity contribution is 7.53. The first-order valence-electron chi connectivity index (χ1n) is 12.9. The molecule has 5 rings (SSSR count). The van der Waals surface area contributed by atoms with Crippen molar-refractivity contribution in [2.24, 2.45) is 0 Å². The molecule has 0 unspecified atom stereocenters. The summed E-state index contributed by atoms with van der Waals surface area (Å²) in [5, 5.41) is 3.60. The zero-order chi connectivity index (χ0) is 26.2. The van der Waals surface area contributed by atoms with Gasteiger partial charge in [0.15, 0.2) is 29.0 Å². The summed E-state index contributed by atoms with van der Waals surface area (Å²) in [7, 11) is -3.35. The molecule has 0 spiro atoms. The number of fused-ring (bicyclic) bond motifs is 2. The number of halogens is 1. The molecule has 2 aromatic rings. The molecule has 4 heterocycles. The number of rotatable bonds is 11. The van der Waals surface area contributed by atoms with Gasteiger partial charge in [0, 0.05) is 6.04 Å². The van der Waals surface area contributed by atoms with Crippen LogP contribution < -0.4 is 5.32 Å². The number of ether oxygens (including phenoxy) is 4. The lowest BCUT2D eigenvalue weighted by Crippen LogP contribution is -2.33. The average Bonchev–Trinajstić information content (AvgIpc) is 3.59. The molecule has 1 N–H and O–H groups in total. The summed E-state index contributed by atoms with van der Waals surface area (Å²) in [6.07, 6.45) is 4.04. The number of nitrogens with zero attached hydrogens (tertiary/aromatic N) is 4. The van der Waals surface area contributed by atoms with Crippen LogP contribution in [0.4, 0.5) is 5.82 Å². The number of hydrogen-bond acceptors (Lipinski definition) is 11. The first kappa shape index (κ1) is 27.2. The fourth-order valence-corrected chi connectivity index (χ4v) is 6.75. The van der Waals surface area contributed by atoms with Crippen molar-refractivity contribution in [3.8, 4) is 0 Å². The van der Waals surface area contributed by atoms with Crippen molar-refractivity contribution in [3.05, 3.63) is 11.6 Å². The molecule has 3 fully saturated rings. The van der Waals surface area contributed by atoms with Crippen LogP contribution >= 0.6 is 19.2 Å². The fraction of sp³-hybridized carbons (Fsp3) is 0.783. The molecule has 37 heavy (non-hydrogen) atoms. The summed E-state index contributed by atoms with van der Waals surface area (Å²) in [5.74, 6) is -0.207. The largest absolute Gasteiger partial charge is 0.366 e. The molecule has 3 aliphatic rings. The van der Waals surface area contributed by atoms with Crippen LogP contribution in [0.5, 0.6) is 0 Å². The Labute approximate surface area is 221 Å². The van der Waals surface area contributed by atoms with Crippen LogP contribution in [0.25, 0.3) is 11.2 Å². The molecule has 206 valence electrons. The lowest BCUT2D eigenvalue weighted by Gasteiger charge is -2.25. The molecule has 2 saturated heterocycles. The van der Waals surface area contributed by atoms with E-state index in [0.717, 1.165) is 12.8 Å². The topological polar surface area (TPSA) is 128 Å². The van der Waals surface area contributed by atoms with Gasteiger partial charge < -0.3 is 33.3 Å². The van der Waals surface area contributed by atoms with Crippen molar-refractivity contribution < 1.29 is 32.6 Å². The van der Waals surface area contributed by atoms with Gasteiger partial charge in [-0.1, -0.05) is 12.8 Å². The third-order valence-corrected chi connectivity index (χ3v) is 8.64. The van der Waals surface area contributed by atoms with Gasteiger partial charge in [0.2, 0.25) is 5.28 Å². The smallest absolute Gasteiger partial charge is 0.356 e. The summed E-state index contributed by atoms with van der Waals surface area (Å²) in [4.78, 5) is 13.5. The maximum atomic E-state index is 12.8. The van der Waals surface area contributed by atoms with Gasteiger partial charge in [0.1, 0.15) is 24.7 Å². The van der Waals surface area contributed by atoms with E-state index in [1.807, 2.05) is 13.8 Å². The second kappa shape index (κ2) is 11.0. The van der Waals surface area contributed by atoms with E-state index >= 15 is 0 Å². The number of hydrogen-bond donors (Lipinski definition) is 1. The van der Waals surface area contributed by atoms with E-state index in [9.17, 15) is 4.57 Å². The number of aromatic nitrogens is 4. The van der Waals surface area contributed by atoms with Crippen molar-refractivity contribution in [1.82, 2.24) is 19.5 Å². The summed E-state index contributed by atoms with van der Waals surface area (Å²) in [6, 6.07) is 0.338. The van der Waals surface area contributed by atoms with Gasteiger partial charge >= 0.3 is 7.60 Å². The van der Waals surface area contributed by atoms with Gasteiger partial charge in [-0.05, 0) is 52.1 Å². The molecule has 0 amide bonds. The fourth-order valence-electron chi connectivity index (χ4n) is 5.24. The standard InChI is InChI=1S/C23H35ClN5O7P/c1-5-32-37(30,33-6-2)13-31-11-15-17-18(36-23(3,4)35-17)21(34-15)29-12-25-16-19(26-14-9-7-8-10-14)27-22(24)28-20(16)29/h12,14-15,17-18,21H,5-11,13H2,1-4H3,(H,26,27,28)/t15-,17-,18-,21-/m1/s1. The van der Waals surface area contributed by atoms with Crippen molar-refractivity contribution in [2.45, 2.75) is 89.7 Å². The molecular formula is C23H35ClN5O7P. The van der Waals surface area contributed by atoms with E-state index in [1.54, 1.807) is 24.7 Å². The molecule has 2 aromatic heterocycles. The zero-order valence-electron chi connectivity index (χ0n) is 21.6. The Bertz CT molecular complexity index is 1130. The van der Waals surface area contributed by atoms with E-state index in [2.05, 4.69) is 20.3 Å². The minimum absolute atomic E-state index is 0.109. The van der Waals surface area contributed by atoms with Gasteiger partial charge in [-0.25, -0.2) is 4.98 Å². The number of anilines is 1. The highest BCUT2D eigenvalue weighted by Gasteiger charge is 2.56. The molecular weight excluding hydrogens is 525 g/mol. The molecule has 1 aliphatic carbocycles. The van der Waals surface area contributed by atoms with E-state index in [4.69, 9.17) is 39.6 Å². The van der Waals surface area contributed by atoms with Crippen LogP contribution in [0.1, 0.15) is 59.6 Å². The maximum Gasteiger partial charge on any atom is 0.356 e. The van der Waals surface area contributed by atoms with E-state index in [-0.39, 0.29) is 31.5 Å². The molecule has 2 aliphatic heterocycles. The summed E-state index contributed by atoms with van der Waals surface area (Å²) in [6.45, 7) is 7.85. The van der Waals surface area contributed by atoms with Crippen LogP contribution in [0, 0.1) is 0 Å².